The van der Waals surface area contributed by atoms with Gasteiger partial charge in [-0.05, 0) is 233 Å². The Labute approximate surface area is 615 Å². The molecule has 0 unspecified atom stereocenters. The molecule has 0 radical (unpaired) electrons. The van der Waals surface area contributed by atoms with Crippen molar-refractivity contribution in [2.45, 2.75) is 180 Å². The number of benzene rings is 9. The lowest BCUT2D eigenvalue weighted by atomic mass is 9.56. The van der Waals surface area contributed by atoms with Crippen LogP contribution in [0, 0.1) is 41.5 Å². The Morgan fingerprint density at radius 1 is 0.223 bits per heavy atom. The molecular formula is C100H104N3+3. The molecule has 18 rings (SSSR count). The van der Waals surface area contributed by atoms with Gasteiger partial charge in [-0.3, -0.25) is 0 Å². The Morgan fingerprint density at radius 2 is 0.466 bits per heavy atom. The first-order chi connectivity index (χ1) is 49.5. The zero-order valence-corrected chi connectivity index (χ0v) is 63.9. The molecule has 6 aliphatic carbocycles. The van der Waals surface area contributed by atoms with Gasteiger partial charge in [-0.2, -0.15) is 0 Å². The third-order valence-electron chi connectivity index (χ3n) is 26.3. The molecule has 516 valence electrons. The highest BCUT2D eigenvalue weighted by Gasteiger charge is 2.55. The lowest BCUT2D eigenvalue weighted by Crippen LogP contribution is -2.40. The first kappa shape index (κ1) is 67.9. The van der Waals surface area contributed by atoms with E-state index < -0.39 is 0 Å². The number of pyridine rings is 3. The summed E-state index contributed by atoms with van der Waals surface area (Å²) in [5.74, 6) is 0. The van der Waals surface area contributed by atoms with Crippen LogP contribution >= 0.6 is 0 Å². The predicted molar refractivity (Wildman–Crippen MR) is 428 cm³/mol. The van der Waals surface area contributed by atoms with E-state index >= 15 is 0 Å². The summed E-state index contributed by atoms with van der Waals surface area (Å²) < 4.78 is 6.88. The van der Waals surface area contributed by atoms with Crippen LogP contribution in [0.4, 0.5) is 0 Å². The third-order valence-corrected chi connectivity index (χ3v) is 26.3. The largest absolute Gasteiger partial charge is 0.212 e. The van der Waals surface area contributed by atoms with Gasteiger partial charge < -0.3 is 0 Å². The van der Waals surface area contributed by atoms with Crippen molar-refractivity contribution in [1.82, 2.24) is 0 Å². The van der Waals surface area contributed by atoms with Gasteiger partial charge in [-0.25, -0.2) is 13.7 Å². The zero-order chi connectivity index (χ0) is 71.7. The minimum atomic E-state index is -0.0331. The summed E-state index contributed by atoms with van der Waals surface area (Å²) in [6, 6.07) is 82.8. The fourth-order valence-corrected chi connectivity index (χ4v) is 20.4. The highest BCUT2D eigenvalue weighted by atomic mass is 14.9. The molecule has 3 aromatic heterocycles. The lowest BCUT2D eigenvalue weighted by Gasteiger charge is -2.47. The molecule has 12 aromatic rings. The van der Waals surface area contributed by atoms with Gasteiger partial charge in [0.15, 0.2) is 18.6 Å². The minimum Gasteiger partial charge on any atom is -0.200 e. The quantitative estimate of drug-likeness (QED) is 0.147. The molecular weight excluding hydrogens is 1240 g/mol. The summed E-state index contributed by atoms with van der Waals surface area (Å²) in [4.78, 5) is 0. The van der Waals surface area contributed by atoms with E-state index in [4.69, 9.17) is 0 Å². The molecule has 3 spiro atoms. The van der Waals surface area contributed by atoms with Crippen LogP contribution in [-0.2, 0) is 53.6 Å². The molecule has 3 heterocycles. The summed E-state index contributed by atoms with van der Waals surface area (Å²) >= 11 is 0. The number of fused-ring (bicyclic) bond motifs is 12. The van der Waals surface area contributed by atoms with Gasteiger partial charge in [-0.15, -0.1) is 0 Å². The number of rotatable bonds is 6. The van der Waals surface area contributed by atoms with E-state index in [9.17, 15) is 0 Å². The highest BCUT2D eigenvalue weighted by Crippen LogP contribution is 2.64. The normalized spacial score (nSPS) is 17.2. The van der Waals surface area contributed by atoms with Crippen molar-refractivity contribution in [1.29, 1.82) is 0 Å². The van der Waals surface area contributed by atoms with Crippen LogP contribution in [0.15, 0.2) is 237 Å². The van der Waals surface area contributed by atoms with Crippen LogP contribution in [0.25, 0.3) is 67.2 Å². The second-order valence-electron chi connectivity index (χ2n) is 33.5. The van der Waals surface area contributed by atoms with E-state index in [1.54, 1.807) is 33.4 Å². The Morgan fingerprint density at radius 3 is 0.825 bits per heavy atom. The molecule has 9 aromatic carbocycles. The van der Waals surface area contributed by atoms with E-state index in [2.05, 4.69) is 355 Å². The molecule has 3 saturated carbocycles. The number of aryl methyl sites for hydroxylation is 9. The van der Waals surface area contributed by atoms with Gasteiger partial charge in [0.05, 0.1) is 0 Å². The Kier molecular flexibility index (Phi) is 16.7. The maximum absolute atomic E-state index is 2.62. The molecule has 6 aliphatic rings. The zero-order valence-electron chi connectivity index (χ0n) is 63.9. The Bertz CT molecular complexity index is 5170. The molecule has 0 aliphatic heterocycles. The topological polar surface area (TPSA) is 11.6 Å². The third kappa shape index (κ3) is 11.0. The van der Waals surface area contributed by atoms with Gasteiger partial charge in [0.25, 0.3) is 0 Å². The first-order valence-corrected chi connectivity index (χ1v) is 38.4. The van der Waals surface area contributed by atoms with Crippen molar-refractivity contribution in [2.24, 2.45) is 21.1 Å². The molecule has 0 N–H and O–H groups in total. The fourth-order valence-electron chi connectivity index (χ4n) is 20.4. The molecule has 0 atom stereocenters. The van der Waals surface area contributed by atoms with Gasteiger partial charge >= 0.3 is 0 Å². The van der Waals surface area contributed by atoms with E-state index in [0.717, 1.165) is 0 Å². The van der Waals surface area contributed by atoms with E-state index in [1.807, 2.05) is 0 Å². The SMILES string of the molecule is Cc1cc(-c2ccccc2C)[n+](C)cc1-c1ccc2c(c1)C(C)(C)c1ccccc1C2(C)C.Cc1cc(-c2ccccc2C)[n+](C)cc1-c1ccc2c(c1)C1(CC1)c1ccccc1C2(C)C.Cc1cc(-c2ccccc2C)[n+](C)cc1-c1ccc2c(c1)C1(CCCC1)c1ccccc1C21CCCC1. The van der Waals surface area contributed by atoms with Gasteiger partial charge in [-0.1, -0.05) is 231 Å². The molecule has 103 heavy (non-hydrogen) atoms. The average molecular weight is 1350 g/mol. The van der Waals surface area contributed by atoms with E-state index in [0.29, 0.717) is 0 Å². The van der Waals surface area contributed by atoms with Crippen molar-refractivity contribution >= 4 is 0 Å². The molecule has 0 bridgehead atoms. The van der Waals surface area contributed by atoms with Crippen LogP contribution in [0.3, 0.4) is 0 Å². The van der Waals surface area contributed by atoms with Crippen LogP contribution < -0.4 is 13.7 Å². The summed E-state index contributed by atoms with van der Waals surface area (Å²) in [6.07, 6.45) is 20.0. The average Bonchev–Trinajstić information content (AvgIpc) is 1.64. The van der Waals surface area contributed by atoms with Gasteiger partial charge in [0.1, 0.15) is 21.1 Å². The second-order valence-corrected chi connectivity index (χ2v) is 33.5. The second kappa shape index (κ2) is 25.4. The fraction of sp³-hybridized carbons (Fsp3) is 0.310. The van der Waals surface area contributed by atoms with E-state index in [-0.39, 0.29) is 32.5 Å². The van der Waals surface area contributed by atoms with Gasteiger partial charge in [0, 0.05) is 84.1 Å². The minimum absolute atomic E-state index is 0.00557. The predicted octanol–water partition coefficient (Wildman–Crippen LogP) is 23.1. The van der Waals surface area contributed by atoms with Crippen LogP contribution in [-0.4, -0.2) is 0 Å². The smallest absolute Gasteiger partial charge is 0.200 e. The monoisotopic (exact) mass is 1350 g/mol. The molecule has 0 saturated heterocycles. The van der Waals surface area contributed by atoms with Crippen molar-refractivity contribution in [3.8, 4) is 67.2 Å². The maximum atomic E-state index is 2.62. The van der Waals surface area contributed by atoms with E-state index in [1.165, 1.54) is 198 Å². The number of hydrogen-bond donors (Lipinski definition) is 0. The van der Waals surface area contributed by atoms with Crippen molar-refractivity contribution in [2.75, 3.05) is 0 Å². The van der Waals surface area contributed by atoms with Crippen molar-refractivity contribution in [3.63, 3.8) is 0 Å². The number of aromatic nitrogens is 3. The molecule has 3 fully saturated rings. The highest BCUT2D eigenvalue weighted by molar-refractivity contribution is 5.77. The van der Waals surface area contributed by atoms with Crippen LogP contribution in [0.2, 0.25) is 0 Å². The molecule has 3 nitrogen and oxygen atoms in total. The van der Waals surface area contributed by atoms with Crippen molar-refractivity contribution in [3.05, 3.63) is 337 Å². The molecule has 3 heteroatoms. The lowest BCUT2D eigenvalue weighted by molar-refractivity contribution is -0.660. The number of nitrogens with zero attached hydrogens (tertiary/aromatic N) is 3. The van der Waals surface area contributed by atoms with Crippen LogP contribution in [0.1, 0.15) is 206 Å². The Balaban J connectivity index is 0.000000120. The summed E-state index contributed by atoms with van der Waals surface area (Å²) in [7, 11) is 6.53. The summed E-state index contributed by atoms with van der Waals surface area (Å²) in [5.41, 5.74) is 42.7. The number of hydrogen-bond acceptors (Lipinski definition) is 0. The maximum Gasteiger partial charge on any atom is 0.212 e. The standard InChI is InChI=1S/C36H38N.C32H32N.C32H34N/c1-25-12-4-5-13-28(25)34-22-26(2)29(24-37(34)3)27-16-17-32-33(23-27)36(20-10-11-21-36)31-15-7-6-14-30(31)35(32)18-8-9-19-35;1-21-10-6-7-11-24(21)30-18-22(2)25(20-33(30)5)23-14-15-27-29(19-23)32(16-17-32)28-13-9-8-12-26(28)31(27,3)4;1-21-12-8-9-13-24(21)30-18-22(2)25(20-33(30)7)23-16-17-28-29(19-23)32(5,6)27-15-11-10-14-26(27)31(28,3)4/h4-7,12-17,22-24H,8-11,18-21H2,1-3H3;6-15,18-20H,16-17H2,1-5H3;8-20H,1-7H3/q3*+1. The summed E-state index contributed by atoms with van der Waals surface area (Å²) in [5, 5.41) is 0. The Hall–Kier alpha value is -9.57. The van der Waals surface area contributed by atoms with Crippen LogP contribution in [0.5, 0.6) is 0 Å². The first-order valence-electron chi connectivity index (χ1n) is 38.4. The summed E-state index contributed by atoms with van der Waals surface area (Å²) in [6.45, 7) is 27.6. The van der Waals surface area contributed by atoms with Crippen molar-refractivity contribution < 1.29 is 13.7 Å². The van der Waals surface area contributed by atoms with Gasteiger partial charge in [0.2, 0.25) is 17.1 Å². The molecule has 0 amide bonds.